The van der Waals surface area contributed by atoms with Crippen LogP contribution >= 0.6 is 0 Å². The van der Waals surface area contributed by atoms with Gasteiger partial charge in [-0.2, -0.15) is 0 Å². The second kappa shape index (κ2) is 9.56. The molecular weight excluding hydrogens is 406 g/mol. The number of aryl methyl sites for hydroxylation is 2. The van der Waals surface area contributed by atoms with Crippen LogP contribution in [0, 0.1) is 13.8 Å². The third kappa shape index (κ3) is 4.30. The molecule has 6 heteroatoms. The standard InChI is InChI=1S/C26H27NO5/c1-7-12-32-22-11-9-19(15-23(22)30-5)14-21-24(26(29)31-6)18(4)27(25(21)28)20-10-8-16(2)17(3)13-20/h7-11,13-15H,1,12H2,2-6H3. The maximum Gasteiger partial charge on any atom is 0.340 e. The van der Waals surface area contributed by atoms with Gasteiger partial charge in [-0.25, -0.2) is 4.79 Å². The van der Waals surface area contributed by atoms with Gasteiger partial charge in [-0.1, -0.05) is 24.8 Å². The molecule has 0 fully saturated rings. The summed E-state index contributed by atoms with van der Waals surface area (Å²) in [6, 6.07) is 11.1. The lowest BCUT2D eigenvalue weighted by Crippen LogP contribution is -2.24. The van der Waals surface area contributed by atoms with Crippen molar-refractivity contribution in [1.82, 2.24) is 0 Å². The van der Waals surface area contributed by atoms with E-state index in [4.69, 9.17) is 14.2 Å². The average Bonchev–Trinajstić information content (AvgIpc) is 3.03. The van der Waals surface area contributed by atoms with Gasteiger partial charge in [0.15, 0.2) is 11.5 Å². The van der Waals surface area contributed by atoms with Crippen molar-refractivity contribution in [3.8, 4) is 11.5 Å². The van der Waals surface area contributed by atoms with Gasteiger partial charge < -0.3 is 14.2 Å². The molecule has 0 spiro atoms. The number of allylic oxidation sites excluding steroid dienone is 1. The van der Waals surface area contributed by atoms with E-state index in [1.807, 2.05) is 32.0 Å². The molecule has 2 aromatic rings. The maximum atomic E-state index is 13.5. The summed E-state index contributed by atoms with van der Waals surface area (Å²) >= 11 is 0. The molecule has 0 aliphatic carbocycles. The molecule has 3 rings (SSSR count). The van der Waals surface area contributed by atoms with E-state index in [1.165, 1.54) is 7.11 Å². The van der Waals surface area contributed by atoms with E-state index >= 15 is 0 Å². The topological polar surface area (TPSA) is 65.1 Å². The lowest BCUT2D eigenvalue weighted by Gasteiger charge is -2.19. The molecule has 2 aromatic carbocycles. The Hall–Kier alpha value is -3.80. The Bertz CT molecular complexity index is 1140. The van der Waals surface area contributed by atoms with Crippen molar-refractivity contribution in [1.29, 1.82) is 0 Å². The first-order chi connectivity index (χ1) is 15.3. The first kappa shape index (κ1) is 22.9. The third-order valence-electron chi connectivity index (χ3n) is 5.39. The summed E-state index contributed by atoms with van der Waals surface area (Å²) in [5.74, 6) is 0.213. The quantitative estimate of drug-likeness (QED) is 0.358. The van der Waals surface area contributed by atoms with E-state index in [-0.39, 0.29) is 17.1 Å². The predicted octanol–water partition coefficient (Wildman–Crippen LogP) is 4.75. The zero-order valence-electron chi connectivity index (χ0n) is 19.0. The molecule has 0 N–H and O–H groups in total. The minimum Gasteiger partial charge on any atom is -0.493 e. The largest absolute Gasteiger partial charge is 0.493 e. The van der Waals surface area contributed by atoms with Gasteiger partial charge in [0.2, 0.25) is 0 Å². The lowest BCUT2D eigenvalue weighted by molar-refractivity contribution is -0.136. The number of carbonyl (C=O) groups excluding carboxylic acids is 2. The third-order valence-corrected chi connectivity index (χ3v) is 5.39. The Kier molecular flexibility index (Phi) is 6.83. The summed E-state index contributed by atoms with van der Waals surface area (Å²) in [6.45, 7) is 9.72. The molecule has 1 heterocycles. The number of amides is 1. The number of carbonyl (C=O) groups is 2. The maximum absolute atomic E-state index is 13.5. The number of rotatable bonds is 7. The van der Waals surface area contributed by atoms with Crippen LogP contribution in [0.5, 0.6) is 11.5 Å². The molecule has 0 saturated heterocycles. The van der Waals surface area contributed by atoms with Crippen molar-refractivity contribution in [2.24, 2.45) is 0 Å². The van der Waals surface area contributed by atoms with Crippen LogP contribution in [-0.4, -0.2) is 32.7 Å². The fourth-order valence-corrected chi connectivity index (χ4v) is 3.56. The van der Waals surface area contributed by atoms with Gasteiger partial charge in [-0.05, 0) is 67.8 Å². The monoisotopic (exact) mass is 433 g/mol. The zero-order chi connectivity index (χ0) is 23.4. The van der Waals surface area contributed by atoms with Crippen LogP contribution in [0.4, 0.5) is 5.69 Å². The van der Waals surface area contributed by atoms with Crippen LogP contribution in [0.15, 0.2) is 65.9 Å². The molecule has 0 aromatic heterocycles. The van der Waals surface area contributed by atoms with E-state index in [9.17, 15) is 9.59 Å². The number of hydrogen-bond acceptors (Lipinski definition) is 5. The summed E-state index contributed by atoms with van der Waals surface area (Å²) in [6.07, 6.45) is 3.31. The lowest BCUT2D eigenvalue weighted by atomic mass is 10.0. The van der Waals surface area contributed by atoms with Crippen molar-refractivity contribution >= 4 is 23.6 Å². The van der Waals surface area contributed by atoms with E-state index in [0.29, 0.717) is 35.1 Å². The number of hydrogen-bond donors (Lipinski definition) is 0. The van der Waals surface area contributed by atoms with Crippen LogP contribution in [0.2, 0.25) is 0 Å². The fourth-order valence-electron chi connectivity index (χ4n) is 3.56. The number of benzene rings is 2. The number of nitrogens with zero attached hydrogens (tertiary/aromatic N) is 1. The summed E-state index contributed by atoms with van der Waals surface area (Å²) in [7, 11) is 2.84. The number of esters is 1. The minimum absolute atomic E-state index is 0.238. The van der Waals surface area contributed by atoms with Crippen LogP contribution in [-0.2, 0) is 14.3 Å². The van der Waals surface area contributed by atoms with Crippen molar-refractivity contribution in [2.75, 3.05) is 25.7 Å². The molecule has 32 heavy (non-hydrogen) atoms. The highest BCUT2D eigenvalue weighted by Crippen LogP contribution is 2.37. The smallest absolute Gasteiger partial charge is 0.340 e. The summed E-state index contributed by atoms with van der Waals surface area (Å²) in [5, 5.41) is 0. The van der Waals surface area contributed by atoms with Gasteiger partial charge in [0.05, 0.1) is 25.4 Å². The summed E-state index contributed by atoms with van der Waals surface area (Å²) in [5.41, 5.74) is 4.58. The van der Waals surface area contributed by atoms with Crippen LogP contribution in [0.3, 0.4) is 0 Å². The summed E-state index contributed by atoms with van der Waals surface area (Å²) < 4.78 is 16.0. The molecule has 0 atom stereocenters. The average molecular weight is 434 g/mol. The van der Waals surface area contributed by atoms with E-state index in [2.05, 4.69) is 6.58 Å². The molecule has 1 amide bonds. The first-order valence-corrected chi connectivity index (χ1v) is 10.2. The Morgan fingerprint density at radius 3 is 2.41 bits per heavy atom. The van der Waals surface area contributed by atoms with Crippen LogP contribution in [0.1, 0.15) is 23.6 Å². The van der Waals surface area contributed by atoms with Gasteiger partial charge in [-0.3, -0.25) is 9.69 Å². The van der Waals surface area contributed by atoms with Crippen LogP contribution < -0.4 is 14.4 Å². The SMILES string of the molecule is C=CCOc1ccc(C=C2C(=O)N(c3ccc(C)c(C)c3)C(C)=C2C(=O)OC)cc1OC. The van der Waals surface area contributed by atoms with E-state index < -0.39 is 5.97 Å². The van der Waals surface area contributed by atoms with Crippen molar-refractivity contribution in [3.63, 3.8) is 0 Å². The fraction of sp³-hybridized carbons (Fsp3) is 0.231. The number of anilines is 1. The molecule has 1 aliphatic heterocycles. The van der Waals surface area contributed by atoms with Crippen molar-refractivity contribution < 1.29 is 23.8 Å². The molecule has 6 nitrogen and oxygen atoms in total. The highest BCUT2D eigenvalue weighted by Gasteiger charge is 2.38. The van der Waals surface area contributed by atoms with Crippen LogP contribution in [0.25, 0.3) is 6.08 Å². The van der Waals surface area contributed by atoms with Crippen molar-refractivity contribution in [3.05, 3.63) is 82.6 Å². The molecule has 0 radical (unpaired) electrons. The highest BCUT2D eigenvalue weighted by molar-refractivity contribution is 6.23. The Labute approximate surface area is 188 Å². The van der Waals surface area contributed by atoms with Gasteiger partial charge >= 0.3 is 5.97 Å². The normalized spacial score (nSPS) is 14.7. The Morgan fingerprint density at radius 2 is 1.78 bits per heavy atom. The van der Waals surface area contributed by atoms with Gasteiger partial charge in [0.25, 0.3) is 5.91 Å². The first-order valence-electron chi connectivity index (χ1n) is 10.2. The van der Waals surface area contributed by atoms with E-state index in [1.54, 1.807) is 49.3 Å². The Balaban J connectivity index is 2.09. The minimum atomic E-state index is -0.564. The number of ether oxygens (including phenoxy) is 3. The molecular formula is C26H27NO5. The molecule has 166 valence electrons. The summed E-state index contributed by atoms with van der Waals surface area (Å²) in [4.78, 5) is 27.6. The zero-order valence-corrected chi connectivity index (χ0v) is 19.0. The second-order valence-electron chi connectivity index (χ2n) is 7.43. The van der Waals surface area contributed by atoms with Gasteiger partial charge in [0, 0.05) is 11.4 Å². The van der Waals surface area contributed by atoms with Gasteiger partial charge in [-0.15, -0.1) is 0 Å². The van der Waals surface area contributed by atoms with Crippen molar-refractivity contribution in [2.45, 2.75) is 20.8 Å². The second-order valence-corrected chi connectivity index (χ2v) is 7.43. The molecule has 0 saturated carbocycles. The molecule has 1 aliphatic rings. The predicted molar refractivity (Wildman–Crippen MR) is 125 cm³/mol. The highest BCUT2D eigenvalue weighted by atomic mass is 16.5. The molecule has 0 unspecified atom stereocenters. The van der Waals surface area contributed by atoms with E-state index in [0.717, 1.165) is 11.1 Å². The Morgan fingerprint density at radius 1 is 1.03 bits per heavy atom. The van der Waals surface area contributed by atoms with Gasteiger partial charge in [0.1, 0.15) is 6.61 Å². The molecule has 0 bridgehead atoms. The number of methoxy groups -OCH3 is 2.